The molecule has 0 radical (unpaired) electrons. The lowest BCUT2D eigenvalue weighted by atomic mass is 9.81. The smallest absolute Gasteiger partial charge is 0.233 e. The van der Waals surface area contributed by atoms with Crippen molar-refractivity contribution in [2.75, 3.05) is 11.9 Å². The van der Waals surface area contributed by atoms with E-state index in [0.29, 0.717) is 17.1 Å². The SMILES string of the molecule is Cn1ccnc1C(=O)c1ccc(NC(=O)CCN2C(=O)C3CCCCC3C2=O)cc1. The second-order valence-electron chi connectivity index (χ2n) is 7.89. The number of rotatable bonds is 6. The van der Waals surface area contributed by atoms with Gasteiger partial charge in [0.05, 0.1) is 11.8 Å². The molecular formula is C22H24N4O4. The quantitative estimate of drug-likeness (QED) is 0.583. The van der Waals surface area contributed by atoms with Gasteiger partial charge >= 0.3 is 0 Å². The number of nitrogens with zero attached hydrogens (tertiary/aromatic N) is 3. The van der Waals surface area contributed by atoms with Gasteiger partial charge < -0.3 is 9.88 Å². The van der Waals surface area contributed by atoms with Crippen molar-refractivity contribution in [2.45, 2.75) is 32.1 Å². The summed E-state index contributed by atoms with van der Waals surface area (Å²) < 4.78 is 1.65. The number of anilines is 1. The fourth-order valence-electron chi connectivity index (χ4n) is 4.31. The summed E-state index contributed by atoms with van der Waals surface area (Å²) in [6, 6.07) is 6.55. The van der Waals surface area contributed by atoms with Crippen LogP contribution in [0.25, 0.3) is 0 Å². The normalized spacial score (nSPS) is 20.9. The maximum absolute atomic E-state index is 12.5. The third-order valence-electron chi connectivity index (χ3n) is 5.95. The molecule has 8 nitrogen and oxygen atoms in total. The fraction of sp³-hybridized carbons (Fsp3) is 0.409. The topological polar surface area (TPSA) is 101 Å². The zero-order valence-corrected chi connectivity index (χ0v) is 16.8. The highest BCUT2D eigenvalue weighted by molar-refractivity contribution is 6.07. The molecular weight excluding hydrogens is 384 g/mol. The Hall–Kier alpha value is -3.29. The first-order valence-corrected chi connectivity index (χ1v) is 10.2. The largest absolute Gasteiger partial charge is 0.331 e. The van der Waals surface area contributed by atoms with Gasteiger partial charge in [-0.25, -0.2) is 4.98 Å². The van der Waals surface area contributed by atoms with E-state index in [-0.39, 0.29) is 48.3 Å². The number of imidazole rings is 1. The molecule has 2 aliphatic rings. The van der Waals surface area contributed by atoms with Gasteiger partial charge in [-0.3, -0.25) is 24.1 Å². The summed E-state index contributed by atoms with van der Waals surface area (Å²) in [5, 5.41) is 2.75. The molecule has 2 aromatic rings. The lowest BCUT2D eigenvalue weighted by Gasteiger charge is -2.19. The highest BCUT2D eigenvalue weighted by Crippen LogP contribution is 2.37. The number of nitrogens with one attached hydrogen (secondary N) is 1. The molecule has 0 spiro atoms. The van der Waals surface area contributed by atoms with Crippen LogP contribution in [0.1, 0.15) is 48.3 Å². The molecule has 4 rings (SSSR count). The molecule has 1 aromatic heterocycles. The number of benzene rings is 1. The zero-order chi connectivity index (χ0) is 21.3. The van der Waals surface area contributed by atoms with E-state index in [1.807, 2.05) is 0 Å². The van der Waals surface area contributed by atoms with E-state index in [1.54, 1.807) is 48.3 Å². The Morgan fingerprint density at radius 1 is 1.07 bits per heavy atom. The predicted octanol–water partition coefficient (Wildman–Crippen LogP) is 2.15. The standard InChI is InChI=1S/C22H24N4O4/c1-25-13-11-23-20(25)19(28)14-6-8-15(9-7-14)24-18(27)10-12-26-21(29)16-4-2-3-5-17(16)22(26)30/h6-9,11,13,16-17H,2-5,10,12H2,1H3,(H,24,27). The van der Waals surface area contributed by atoms with E-state index in [9.17, 15) is 19.2 Å². The maximum Gasteiger partial charge on any atom is 0.233 e. The van der Waals surface area contributed by atoms with Gasteiger partial charge in [0, 0.05) is 43.7 Å². The van der Waals surface area contributed by atoms with E-state index >= 15 is 0 Å². The first-order valence-electron chi connectivity index (χ1n) is 10.2. The highest BCUT2D eigenvalue weighted by Gasteiger charge is 2.47. The molecule has 1 saturated carbocycles. The molecule has 2 atom stereocenters. The number of amides is 3. The van der Waals surface area contributed by atoms with Gasteiger partial charge in [0.15, 0.2) is 5.82 Å². The Morgan fingerprint density at radius 2 is 1.70 bits per heavy atom. The van der Waals surface area contributed by atoms with Crippen molar-refractivity contribution in [3.05, 3.63) is 48.0 Å². The number of hydrogen-bond donors (Lipinski definition) is 1. The van der Waals surface area contributed by atoms with Gasteiger partial charge in [-0.15, -0.1) is 0 Å². The van der Waals surface area contributed by atoms with Crippen LogP contribution in [-0.2, 0) is 21.4 Å². The van der Waals surface area contributed by atoms with Crippen LogP contribution >= 0.6 is 0 Å². The van der Waals surface area contributed by atoms with Crippen molar-refractivity contribution < 1.29 is 19.2 Å². The first kappa shape index (κ1) is 20.0. The van der Waals surface area contributed by atoms with Crippen molar-refractivity contribution in [1.29, 1.82) is 0 Å². The number of aromatic nitrogens is 2. The van der Waals surface area contributed by atoms with Crippen molar-refractivity contribution in [1.82, 2.24) is 14.5 Å². The molecule has 30 heavy (non-hydrogen) atoms. The van der Waals surface area contributed by atoms with Crippen LogP contribution in [-0.4, -0.2) is 44.5 Å². The van der Waals surface area contributed by atoms with Crippen LogP contribution in [0, 0.1) is 11.8 Å². The minimum atomic E-state index is -0.284. The average Bonchev–Trinajstić information content (AvgIpc) is 3.28. The van der Waals surface area contributed by atoms with Gasteiger partial charge in [0.1, 0.15) is 0 Å². The van der Waals surface area contributed by atoms with Crippen LogP contribution in [0.5, 0.6) is 0 Å². The number of fused-ring (bicyclic) bond motifs is 1. The number of hydrogen-bond acceptors (Lipinski definition) is 5. The van der Waals surface area contributed by atoms with E-state index < -0.39 is 0 Å². The summed E-state index contributed by atoms with van der Waals surface area (Å²) in [7, 11) is 1.75. The second kappa shape index (κ2) is 8.22. The Morgan fingerprint density at radius 3 is 2.27 bits per heavy atom. The van der Waals surface area contributed by atoms with Crippen LogP contribution < -0.4 is 5.32 Å². The molecule has 2 unspecified atom stereocenters. The highest BCUT2D eigenvalue weighted by atomic mass is 16.2. The van der Waals surface area contributed by atoms with Gasteiger partial charge in [0.25, 0.3) is 0 Å². The van der Waals surface area contributed by atoms with Crippen LogP contribution in [0.3, 0.4) is 0 Å². The number of aryl methyl sites for hydroxylation is 1. The molecule has 1 N–H and O–H groups in total. The Kier molecular flexibility index (Phi) is 5.48. The minimum absolute atomic E-state index is 0.0465. The summed E-state index contributed by atoms with van der Waals surface area (Å²) in [6.07, 6.45) is 6.80. The molecule has 3 amide bonds. The average molecular weight is 408 g/mol. The number of carbonyl (C=O) groups excluding carboxylic acids is 4. The van der Waals surface area contributed by atoms with Gasteiger partial charge in [-0.1, -0.05) is 12.8 Å². The molecule has 2 fully saturated rings. The number of likely N-dealkylation sites (tertiary alicyclic amines) is 1. The first-order chi connectivity index (χ1) is 14.5. The molecule has 1 aliphatic carbocycles. The van der Waals surface area contributed by atoms with Crippen molar-refractivity contribution in [2.24, 2.45) is 18.9 Å². The van der Waals surface area contributed by atoms with Crippen LogP contribution in [0.2, 0.25) is 0 Å². The van der Waals surface area contributed by atoms with E-state index in [1.165, 1.54) is 4.90 Å². The fourth-order valence-corrected chi connectivity index (χ4v) is 4.31. The molecule has 1 aliphatic heterocycles. The molecule has 8 heteroatoms. The van der Waals surface area contributed by atoms with Gasteiger partial charge in [-0.05, 0) is 37.1 Å². The van der Waals surface area contributed by atoms with Crippen molar-refractivity contribution in [3.8, 4) is 0 Å². The van der Waals surface area contributed by atoms with E-state index in [0.717, 1.165) is 25.7 Å². The van der Waals surface area contributed by atoms with E-state index in [4.69, 9.17) is 0 Å². The number of ketones is 1. The predicted molar refractivity (Wildman–Crippen MR) is 108 cm³/mol. The molecule has 156 valence electrons. The van der Waals surface area contributed by atoms with Crippen LogP contribution in [0.4, 0.5) is 5.69 Å². The Balaban J connectivity index is 1.32. The summed E-state index contributed by atoms with van der Waals surface area (Å²) >= 11 is 0. The Labute approximate surface area is 174 Å². The van der Waals surface area contributed by atoms with E-state index in [2.05, 4.69) is 10.3 Å². The maximum atomic E-state index is 12.5. The van der Waals surface area contributed by atoms with Gasteiger partial charge in [-0.2, -0.15) is 0 Å². The summed E-state index contributed by atoms with van der Waals surface area (Å²) in [4.78, 5) is 55.0. The number of carbonyl (C=O) groups is 4. The van der Waals surface area contributed by atoms with Gasteiger partial charge in [0.2, 0.25) is 23.5 Å². The summed E-state index contributed by atoms with van der Waals surface area (Å²) in [5.41, 5.74) is 1.02. The zero-order valence-electron chi connectivity index (χ0n) is 16.8. The number of imide groups is 1. The minimum Gasteiger partial charge on any atom is -0.331 e. The molecule has 1 saturated heterocycles. The third-order valence-corrected chi connectivity index (χ3v) is 5.95. The third kappa shape index (κ3) is 3.77. The van der Waals surface area contributed by atoms with Crippen molar-refractivity contribution in [3.63, 3.8) is 0 Å². The monoisotopic (exact) mass is 408 g/mol. The van der Waals surface area contributed by atoms with Crippen LogP contribution in [0.15, 0.2) is 36.7 Å². The second-order valence-corrected chi connectivity index (χ2v) is 7.89. The van der Waals surface area contributed by atoms with Crippen molar-refractivity contribution >= 4 is 29.2 Å². The lowest BCUT2D eigenvalue weighted by molar-refractivity contribution is -0.140. The summed E-state index contributed by atoms with van der Waals surface area (Å²) in [6.45, 7) is 0.103. The summed E-state index contributed by atoms with van der Waals surface area (Å²) in [5.74, 6) is -0.797. The lowest BCUT2D eigenvalue weighted by Crippen LogP contribution is -2.34. The molecule has 2 heterocycles. The molecule has 0 bridgehead atoms. The Bertz CT molecular complexity index is 971. The molecule has 1 aromatic carbocycles.